The molecule has 14 atom stereocenters. The molecule has 1 aliphatic carbocycles. The number of ketones is 2. The van der Waals surface area contributed by atoms with Crippen molar-refractivity contribution in [3.8, 4) is 0 Å². The number of hydrogen-bond donors (Lipinski definition) is 2. The van der Waals surface area contributed by atoms with Crippen LogP contribution in [0.4, 0.5) is 0 Å². The highest BCUT2D eigenvalue weighted by atomic mass is 16.7. The van der Waals surface area contributed by atoms with Gasteiger partial charge in [0.05, 0.1) is 37.1 Å². The minimum absolute atomic E-state index is 0.0229. The number of aliphatic hydroxyl groups excluding tert-OH is 1. The highest BCUT2D eigenvalue weighted by Gasteiger charge is 2.56. The molecule has 3 heterocycles. The molecule has 3 fully saturated rings. The maximum absolute atomic E-state index is 14.5. The van der Waals surface area contributed by atoms with Crippen LogP contribution in [0.1, 0.15) is 118 Å². The second-order valence-electron chi connectivity index (χ2n) is 19.4. The second-order valence-corrected chi connectivity index (χ2v) is 19.4. The summed E-state index contributed by atoms with van der Waals surface area (Å²) in [6.07, 6.45) is 4.71. The lowest BCUT2D eigenvalue weighted by atomic mass is 9.81. The monoisotopic (exact) mass is 908 g/mol. The van der Waals surface area contributed by atoms with Crippen molar-refractivity contribution in [2.45, 2.75) is 167 Å². The maximum Gasteiger partial charge on any atom is 0.329 e. The maximum atomic E-state index is 14.5. The molecule has 362 valence electrons. The number of benzene rings is 1. The predicted octanol–water partition coefficient (Wildman–Crippen LogP) is 7.21. The normalized spacial score (nSPS) is 37.3. The molecule has 0 aromatic heterocycles. The molecule has 3 aliphatic heterocycles. The number of cyclic esters (lactones) is 1. The van der Waals surface area contributed by atoms with Crippen LogP contribution in [0.2, 0.25) is 0 Å². The van der Waals surface area contributed by atoms with E-state index in [1.54, 1.807) is 21.0 Å². The lowest BCUT2D eigenvalue weighted by molar-refractivity contribution is -0.302. The summed E-state index contributed by atoms with van der Waals surface area (Å²) in [5, 5.41) is 24.0. The van der Waals surface area contributed by atoms with Gasteiger partial charge in [0.2, 0.25) is 5.79 Å². The van der Waals surface area contributed by atoms with E-state index in [1.165, 1.54) is 19.1 Å². The van der Waals surface area contributed by atoms with Crippen LogP contribution in [-0.4, -0.2) is 128 Å². The van der Waals surface area contributed by atoms with Gasteiger partial charge in [0, 0.05) is 52.0 Å². The van der Waals surface area contributed by atoms with Gasteiger partial charge in [-0.05, 0) is 107 Å². The summed E-state index contributed by atoms with van der Waals surface area (Å²) in [7, 11) is 4.75. The van der Waals surface area contributed by atoms with Crippen LogP contribution in [0.5, 0.6) is 0 Å². The molecule has 13 heteroatoms. The Labute approximate surface area is 387 Å². The molecule has 1 saturated carbocycles. The first-order valence-electron chi connectivity index (χ1n) is 23.9. The van der Waals surface area contributed by atoms with Gasteiger partial charge in [-0.3, -0.25) is 14.4 Å². The fourth-order valence-corrected chi connectivity index (χ4v) is 10.5. The lowest BCUT2D eigenvalue weighted by Gasteiger charge is -2.47. The summed E-state index contributed by atoms with van der Waals surface area (Å²) in [5.74, 6) is -7.48. The number of carbonyl (C=O) groups is 4. The SMILES string of the molecule is C=C(CO[C@@H]1CC[C@@H](/C=C(\C)[C@H]2OC(=O)[C@@H]3CCCCN3C(=O)C(=O)[C@]3(O)O[C@H](C(OC)C[C@@H](C)C/C(C)=C/[C@@H](CC)C(=O)C[C@H](O)[C@H]2C)[C@@H](OC)C[C@H]3C)C[C@H]1OC)c1ccccc1. The van der Waals surface area contributed by atoms with Crippen molar-refractivity contribution >= 4 is 29.0 Å². The summed E-state index contributed by atoms with van der Waals surface area (Å²) in [4.78, 5) is 58.4. The van der Waals surface area contributed by atoms with Crippen LogP contribution in [0, 0.1) is 29.6 Å². The number of carbonyl (C=O) groups excluding carboxylic acids is 4. The van der Waals surface area contributed by atoms with Crippen molar-refractivity contribution in [1.29, 1.82) is 0 Å². The average molecular weight is 908 g/mol. The summed E-state index contributed by atoms with van der Waals surface area (Å²) < 4.78 is 36.8. The van der Waals surface area contributed by atoms with Crippen LogP contribution >= 0.6 is 0 Å². The van der Waals surface area contributed by atoms with Crippen molar-refractivity contribution < 1.29 is 57.8 Å². The van der Waals surface area contributed by atoms with Gasteiger partial charge >= 0.3 is 5.97 Å². The smallest absolute Gasteiger partial charge is 0.329 e. The van der Waals surface area contributed by atoms with E-state index in [9.17, 15) is 29.4 Å². The molecular weight excluding hydrogens is 831 g/mol. The standard InChI is InChI=1S/C52H77NO12/c1-11-38-24-31(2)23-32(3)25-45(61-9)48-46(62-10)27-35(6)52(59,65-48)49(56)50(57)53-22-16-15-19-40(53)51(58)64-47(36(7)41(54)29-42(38)55)33(4)26-37-20-21-43(44(28-37)60-8)63-30-34(5)39-17-13-12-14-18-39/h12-14,17-18,24,26,32,35-38,40-41,43-48,54,59H,5,11,15-16,19-23,25,27-30H2,1-4,6-10H3/b31-24+,33-26+/t32-,35+,36+,37-,38+,40-,41-,43+,44+,45?,46-,47+,48+,52+/m0/s1. The molecule has 2 saturated heterocycles. The lowest BCUT2D eigenvalue weighted by Crippen LogP contribution is -2.64. The van der Waals surface area contributed by atoms with E-state index in [-0.39, 0.29) is 55.6 Å². The summed E-state index contributed by atoms with van der Waals surface area (Å²) in [6.45, 7) is 16.0. The molecule has 4 aliphatic rings. The molecular formula is C52H77NO12. The minimum Gasteiger partial charge on any atom is -0.456 e. The van der Waals surface area contributed by atoms with E-state index in [1.807, 2.05) is 57.2 Å². The molecule has 65 heavy (non-hydrogen) atoms. The Morgan fingerprint density at radius 1 is 0.908 bits per heavy atom. The fourth-order valence-electron chi connectivity index (χ4n) is 10.5. The average Bonchev–Trinajstić information content (AvgIpc) is 3.30. The van der Waals surface area contributed by atoms with Crippen LogP contribution in [0.25, 0.3) is 5.57 Å². The van der Waals surface area contributed by atoms with Gasteiger partial charge in [0.25, 0.3) is 11.7 Å². The zero-order valence-electron chi connectivity index (χ0n) is 40.4. The first kappa shape index (κ1) is 52.4. The third-order valence-electron chi connectivity index (χ3n) is 14.5. The molecule has 5 rings (SSSR count). The van der Waals surface area contributed by atoms with Crippen LogP contribution in [0.15, 0.2) is 60.2 Å². The zero-order chi connectivity index (χ0) is 47.6. The number of aliphatic hydroxyl groups is 2. The van der Waals surface area contributed by atoms with E-state index in [0.717, 1.165) is 29.6 Å². The highest BCUT2D eigenvalue weighted by Crippen LogP contribution is 2.39. The third kappa shape index (κ3) is 12.9. The third-order valence-corrected chi connectivity index (χ3v) is 14.5. The number of allylic oxidation sites excluding steroid dienone is 3. The van der Waals surface area contributed by atoms with E-state index < -0.39 is 77.8 Å². The highest BCUT2D eigenvalue weighted by molar-refractivity contribution is 6.39. The van der Waals surface area contributed by atoms with Gasteiger partial charge < -0.3 is 43.5 Å². The fraction of sp³-hybridized carbons (Fsp3) is 0.692. The van der Waals surface area contributed by atoms with Gasteiger partial charge in [-0.15, -0.1) is 0 Å². The number of piperidine rings is 1. The molecule has 0 radical (unpaired) electrons. The van der Waals surface area contributed by atoms with Gasteiger partial charge in [-0.25, -0.2) is 4.79 Å². The first-order valence-corrected chi connectivity index (χ1v) is 23.9. The summed E-state index contributed by atoms with van der Waals surface area (Å²) in [5.41, 5.74) is 3.59. The molecule has 1 unspecified atom stereocenters. The Morgan fingerprint density at radius 2 is 1.58 bits per heavy atom. The molecule has 1 aromatic carbocycles. The Bertz CT molecular complexity index is 1850. The Morgan fingerprint density at radius 3 is 2.25 bits per heavy atom. The van der Waals surface area contributed by atoms with Crippen molar-refractivity contribution in [3.63, 3.8) is 0 Å². The Hall–Kier alpha value is -3.56. The van der Waals surface area contributed by atoms with Crippen molar-refractivity contribution in [3.05, 3.63) is 65.8 Å². The van der Waals surface area contributed by atoms with Gasteiger partial charge in [-0.2, -0.15) is 0 Å². The number of ether oxygens (including phenoxy) is 6. The number of amides is 1. The molecule has 2 bridgehead atoms. The Balaban J connectivity index is 1.46. The number of esters is 1. The van der Waals surface area contributed by atoms with E-state index in [0.29, 0.717) is 50.7 Å². The molecule has 1 aromatic rings. The second kappa shape index (κ2) is 23.9. The summed E-state index contributed by atoms with van der Waals surface area (Å²) >= 11 is 0. The topological polar surface area (TPSA) is 167 Å². The zero-order valence-corrected chi connectivity index (χ0v) is 40.4. The Kier molecular flexibility index (Phi) is 19.3. The van der Waals surface area contributed by atoms with Crippen LogP contribution < -0.4 is 0 Å². The van der Waals surface area contributed by atoms with Crippen molar-refractivity contribution in [1.82, 2.24) is 4.90 Å². The quantitative estimate of drug-likeness (QED) is 0.138. The van der Waals surface area contributed by atoms with Crippen molar-refractivity contribution in [2.24, 2.45) is 29.6 Å². The molecule has 1 amide bonds. The number of nitrogens with zero attached hydrogens (tertiary/aromatic N) is 1. The first-order chi connectivity index (χ1) is 30.9. The van der Waals surface area contributed by atoms with E-state index in [2.05, 4.69) is 19.6 Å². The number of Topliss-reactive ketones (excluding diaryl/α,β-unsaturated/α-hetero) is 2. The van der Waals surface area contributed by atoms with Gasteiger partial charge in [0.1, 0.15) is 24.0 Å². The van der Waals surface area contributed by atoms with E-state index >= 15 is 0 Å². The van der Waals surface area contributed by atoms with Crippen LogP contribution in [0.3, 0.4) is 0 Å². The number of hydrogen-bond acceptors (Lipinski definition) is 12. The number of fused-ring (bicyclic) bond motifs is 3. The predicted molar refractivity (Wildman–Crippen MR) is 247 cm³/mol. The number of rotatable bonds is 10. The summed E-state index contributed by atoms with van der Waals surface area (Å²) in [6, 6.07) is 8.78. The number of methoxy groups -OCH3 is 3. The molecule has 2 N–H and O–H groups in total. The van der Waals surface area contributed by atoms with Gasteiger partial charge in [-0.1, -0.05) is 82.3 Å². The largest absolute Gasteiger partial charge is 0.456 e. The van der Waals surface area contributed by atoms with Crippen LogP contribution in [-0.2, 0) is 47.6 Å². The molecule has 13 nitrogen and oxygen atoms in total. The van der Waals surface area contributed by atoms with Crippen molar-refractivity contribution in [2.75, 3.05) is 34.5 Å². The molecule has 0 spiro atoms. The minimum atomic E-state index is -2.51. The van der Waals surface area contributed by atoms with E-state index in [4.69, 9.17) is 28.4 Å². The van der Waals surface area contributed by atoms with Gasteiger partial charge in [0.15, 0.2) is 0 Å².